The predicted molar refractivity (Wildman–Crippen MR) is 78.4 cm³/mol. The van der Waals surface area contributed by atoms with Gasteiger partial charge < -0.3 is 11.1 Å². The van der Waals surface area contributed by atoms with Crippen LogP contribution in [0.15, 0.2) is 0 Å². The van der Waals surface area contributed by atoms with Gasteiger partial charge in [0.15, 0.2) is 0 Å². The van der Waals surface area contributed by atoms with E-state index in [-0.39, 0.29) is 11.9 Å². The fourth-order valence-corrected chi connectivity index (χ4v) is 3.13. The SMILES string of the molecule is CN1CCCC1C(=O)NC(CCC1CCC1)C(=O)C(N)=O. The molecule has 0 aromatic carbocycles. The molecule has 118 valence electrons. The summed E-state index contributed by atoms with van der Waals surface area (Å²) in [6, 6.07) is -0.957. The van der Waals surface area contributed by atoms with E-state index >= 15 is 0 Å². The van der Waals surface area contributed by atoms with Gasteiger partial charge in [0, 0.05) is 0 Å². The lowest BCUT2D eigenvalue weighted by Crippen LogP contribution is -2.51. The Hall–Kier alpha value is -1.43. The van der Waals surface area contributed by atoms with Crippen molar-refractivity contribution in [2.75, 3.05) is 13.6 Å². The van der Waals surface area contributed by atoms with E-state index in [0.29, 0.717) is 12.3 Å². The molecule has 1 aliphatic carbocycles. The van der Waals surface area contributed by atoms with Gasteiger partial charge >= 0.3 is 0 Å². The monoisotopic (exact) mass is 295 g/mol. The highest BCUT2D eigenvalue weighted by Crippen LogP contribution is 2.31. The largest absolute Gasteiger partial charge is 0.363 e. The van der Waals surface area contributed by atoms with Crippen LogP contribution in [0.5, 0.6) is 0 Å². The third-order valence-electron chi connectivity index (χ3n) is 4.79. The Kier molecular flexibility index (Phi) is 5.33. The van der Waals surface area contributed by atoms with Crippen LogP contribution in [0.25, 0.3) is 0 Å². The number of Topliss-reactive ketones (excluding diaryl/α,β-unsaturated/α-hetero) is 1. The summed E-state index contributed by atoms with van der Waals surface area (Å²) in [5.74, 6) is -1.18. The van der Waals surface area contributed by atoms with Gasteiger partial charge in [-0.2, -0.15) is 0 Å². The maximum Gasteiger partial charge on any atom is 0.287 e. The van der Waals surface area contributed by atoms with Crippen molar-refractivity contribution in [1.29, 1.82) is 0 Å². The maximum atomic E-state index is 12.3. The Morgan fingerprint density at radius 2 is 1.95 bits per heavy atom. The molecule has 6 heteroatoms. The first-order chi connectivity index (χ1) is 9.99. The Morgan fingerprint density at radius 1 is 1.24 bits per heavy atom. The van der Waals surface area contributed by atoms with E-state index in [2.05, 4.69) is 5.32 Å². The second kappa shape index (κ2) is 7.02. The number of hydrogen-bond acceptors (Lipinski definition) is 4. The summed E-state index contributed by atoms with van der Waals surface area (Å²) in [7, 11) is 1.90. The molecule has 2 atom stereocenters. The fourth-order valence-electron chi connectivity index (χ4n) is 3.13. The summed E-state index contributed by atoms with van der Waals surface area (Å²) in [6.07, 6.45) is 6.73. The number of likely N-dealkylation sites (N-methyl/N-ethyl adjacent to an activating group) is 1. The van der Waals surface area contributed by atoms with Crippen LogP contribution in [-0.2, 0) is 14.4 Å². The van der Waals surface area contributed by atoms with Crippen LogP contribution in [0.3, 0.4) is 0 Å². The Morgan fingerprint density at radius 3 is 2.43 bits per heavy atom. The molecule has 2 amide bonds. The number of hydrogen-bond donors (Lipinski definition) is 2. The number of ketones is 1. The average molecular weight is 295 g/mol. The molecule has 2 unspecified atom stereocenters. The Labute approximate surface area is 125 Å². The second-order valence-corrected chi connectivity index (χ2v) is 6.30. The van der Waals surface area contributed by atoms with Crippen molar-refractivity contribution in [2.45, 2.75) is 57.0 Å². The Balaban J connectivity index is 1.91. The van der Waals surface area contributed by atoms with Gasteiger partial charge in [0.1, 0.15) is 0 Å². The van der Waals surface area contributed by atoms with Gasteiger partial charge in [0.05, 0.1) is 12.1 Å². The summed E-state index contributed by atoms with van der Waals surface area (Å²) >= 11 is 0. The lowest BCUT2D eigenvalue weighted by atomic mass is 9.81. The van der Waals surface area contributed by atoms with Crippen LogP contribution < -0.4 is 11.1 Å². The number of nitrogens with one attached hydrogen (secondary N) is 1. The van der Waals surface area contributed by atoms with Crippen LogP contribution in [0, 0.1) is 5.92 Å². The zero-order chi connectivity index (χ0) is 15.4. The van der Waals surface area contributed by atoms with Gasteiger partial charge in [-0.15, -0.1) is 0 Å². The Bertz CT molecular complexity index is 420. The molecule has 1 aliphatic heterocycles. The molecule has 2 fully saturated rings. The quantitative estimate of drug-likeness (QED) is 0.656. The highest BCUT2D eigenvalue weighted by molar-refractivity contribution is 6.37. The number of nitrogens with two attached hydrogens (primary N) is 1. The highest BCUT2D eigenvalue weighted by Gasteiger charge is 2.32. The van der Waals surface area contributed by atoms with Gasteiger partial charge in [-0.1, -0.05) is 19.3 Å². The normalized spacial score (nSPS) is 24.3. The molecule has 2 aliphatic rings. The van der Waals surface area contributed by atoms with Gasteiger partial charge in [-0.05, 0) is 45.2 Å². The highest BCUT2D eigenvalue weighted by atomic mass is 16.2. The van der Waals surface area contributed by atoms with Gasteiger partial charge in [0.2, 0.25) is 11.7 Å². The molecule has 0 spiro atoms. The molecule has 1 saturated heterocycles. The van der Waals surface area contributed by atoms with Crippen LogP contribution in [0.4, 0.5) is 0 Å². The third kappa shape index (κ3) is 4.03. The number of amides is 2. The molecular formula is C15H25N3O3. The summed E-state index contributed by atoms with van der Waals surface area (Å²) in [6.45, 7) is 0.884. The number of nitrogens with zero attached hydrogens (tertiary/aromatic N) is 1. The van der Waals surface area contributed by atoms with Gasteiger partial charge in [0.25, 0.3) is 5.91 Å². The number of carbonyl (C=O) groups is 3. The van der Waals surface area contributed by atoms with Crippen molar-refractivity contribution in [3.63, 3.8) is 0 Å². The first-order valence-electron chi connectivity index (χ1n) is 7.83. The van der Waals surface area contributed by atoms with Crippen molar-refractivity contribution >= 4 is 17.6 Å². The van der Waals surface area contributed by atoms with Crippen LogP contribution >= 0.6 is 0 Å². The molecule has 2 rings (SSSR count). The van der Waals surface area contributed by atoms with Gasteiger partial charge in [-0.3, -0.25) is 19.3 Å². The minimum absolute atomic E-state index is 0.164. The van der Waals surface area contributed by atoms with Gasteiger partial charge in [-0.25, -0.2) is 0 Å². The third-order valence-corrected chi connectivity index (χ3v) is 4.79. The van der Waals surface area contributed by atoms with E-state index in [1.807, 2.05) is 11.9 Å². The minimum Gasteiger partial charge on any atom is -0.363 e. The van der Waals surface area contributed by atoms with Crippen molar-refractivity contribution in [2.24, 2.45) is 11.7 Å². The minimum atomic E-state index is -0.964. The smallest absolute Gasteiger partial charge is 0.287 e. The average Bonchev–Trinajstić information content (AvgIpc) is 2.80. The molecule has 0 radical (unpaired) electrons. The van der Waals surface area contributed by atoms with Crippen molar-refractivity contribution in [1.82, 2.24) is 10.2 Å². The van der Waals surface area contributed by atoms with E-state index in [1.165, 1.54) is 19.3 Å². The number of likely N-dealkylation sites (tertiary alicyclic amines) is 1. The molecule has 0 aromatic rings. The molecule has 0 bridgehead atoms. The van der Waals surface area contributed by atoms with E-state index < -0.39 is 17.7 Å². The lowest BCUT2D eigenvalue weighted by Gasteiger charge is -2.28. The molecule has 21 heavy (non-hydrogen) atoms. The van der Waals surface area contributed by atoms with E-state index in [0.717, 1.165) is 25.8 Å². The molecule has 3 N–H and O–H groups in total. The predicted octanol–water partition coefficient (Wildman–Crippen LogP) is 0.200. The summed E-state index contributed by atoms with van der Waals surface area (Å²) < 4.78 is 0. The first kappa shape index (κ1) is 15.9. The first-order valence-corrected chi connectivity index (χ1v) is 7.83. The number of primary amides is 1. The molecule has 0 aromatic heterocycles. The van der Waals surface area contributed by atoms with E-state index in [9.17, 15) is 14.4 Å². The van der Waals surface area contributed by atoms with Crippen LogP contribution in [0.1, 0.15) is 44.9 Å². The van der Waals surface area contributed by atoms with Crippen molar-refractivity contribution in [3.05, 3.63) is 0 Å². The van der Waals surface area contributed by atoms with E-state index in [4.69, 9.17) is 5.73 Å². The number of rotatable bonds is 7. The zero-order valence-electron chi connectivity index (χ0n) is 12.6. The van der Waals surface area contributed by atoms with Crippen molar-refractivity contribution in [3.8, 4) is 0 Å². The van der Waals surface area contributed by atoms with Crippen LogP contribution in [-0.4, -0.2) is 48.2 Å². The topological polar surface area (TPSA) is 92.5 Å². The number of carbonyl (C=O) groups excluding carboxylic acids is 3. The maximum absolute atomic E-state index is 12.3. The molecular weight excluding hydrogens is 270 g/mol. The standard InChI is InChI=1S/C15H25N3O3/c1-18-9-3-6-12(18)15(21)17-11(13(19)14(16)20)8-7-10-4-2-5-10/h10-12H,2-9H2,1H3,(H2,16,20)(H,17,21). The van der Waals surface area contributed by atoms with Crippen LogP contribution in [0.2, 0.25) is 0 Å². The summed E-state index contributed by atoms with van der Waals surface area (Å²) in [5, 5.41) is 2.74. The zero-order valence-corrected chi connectivity index (χ0v) is 12.6. The van der Waals surface area contributed by atoms with Crippen molar-refractivity contribution < 1.29 is 14.4 Å². The molecule has 1 heterocycles. The lowest BCUT2D eigenvalue weighted by molar-refractivity contribution is -0.139. The molecule has 6 nitrogen and oxygen atoms in total. The van der Waals surface area contributed by atoms with E-state index in [1.54, 1.807) is 0 Å². The summed E-state index contributed by atoms with van der Waals surface area (Å²) in [5.41, 5.74) is 5.10. The second-order valence-electron chi connectivity index (χ2n) is 6.30. The fraction of sp³-hybridized carbons (Fsp3) is 0.800. The molecule has 1 saturated carbocycles. The summed E-state index contributed by atoms with van der Waals surface area (Å²) in [4.78, 5) is 37.3.